The zero-order valence-electron chi connectivity index (χ0n) is 15.4. The monoisotopic (exact) mass is 399 g/mol. The molecule has 10 heteroatoms. The third-order valence-electron chi connectivity index (χ3n) is 4.29. The van der Waals surface area contributed by atoms with Crippen molar-refractivity contribution in [3.8, 4) is 5.75 Å². The number of sulfonamides is 1. The van der Waals surface area contributed by atoms with Crippen LogP contribution in [0.5, 0.6) is 5.75 Å². The van der Waals surface area contributed by atoms with Crippen LogP contribution in [0.3, 0.4) is 0 Å². The van der Waals surface area contributed by atoms with Gasteiger partial charge in [-0.05, 0) is 37.1 Å². The first-order valence-electron chi connectivity index (χ1n) is 8.61. The molecule has 0 radical (unpaired) electrons. The summed E-state index contributed by atoms with van der Waals surface area (Å²) in [4.78, 5) is 23.7. The van der Waals surface area contributed by atoms with Crippen LogP contribution in [-0.2, 0) is 24.3 Å². The third kappa shape index (κ3) is 5.41. The van der Waals surface area contributed by atoms with Gasteiger partial charge in [-0.2, -0.15) is 4.31 Å². The van der Waals surface area contributed by atoms with Crippen LogP contribution in [0.25, 0.3) is 0 Å². The van der Waals surface area contributed by atoms with Gasteiger partial charge in [-0.15, -0.1) is 0 Å². The van der Waals surface area contributed by atoms with Crippen LogP contribution < -0.4 is 15.4 Å². The van der Waals surface area contributed by atoms with Crippen LogP contribution in [0, 0.1) is 0 Å². The molecule has 2 N–H and O–H groups in total. The molecule has 1 unspecified atom stereocenters. The van der Waals surface area contributed by atoms with Crippen molar-refractivity contribution in [1.29, 1.82) is 0 Å². The number of methoxy groups -OCH3 is 2. The highest BCUT2D eigenvalue weighted by atomic mass is 32.2. The minimum Gasteiger partial charge on any atom is -0.497 e. The van der Waals surface area contributed by atoms with Gasteiger partial charge in [0, 0.05) is 32.8 Å². The SMILES string of the molecule is COCCNC(=O)C(=O)NCC1CCCN1S(=O)(=O)c1ccc(OC)cc1. The van der Waals surface area contributed by atoms with E-state index >= 15 is 0 Å². The van der Waals surface area contributed by atoms with Crippen molar-refractivity contribution >= 4 is 21.8 Å². The third-order valence-corrected chi connectivity index (χ3v) is 6.25. The van der Waals surface area contributed by atoms with Crippen molar-refractivity contribution in [2.24, 2.45) is 0 Å². The summed E-state index contributed by atoms with van der Waals surface area (Å²) in [6.07, 6.45) is 1.30. The van der Waals surface area contributed by atoms with Gasteiger partial charge in [0.25, 0.3) is 0 Å². The molecule has 2 amide bonds. The summed E-state index contributed by atoms with van der Waals surface area (Å²) in [6.45, 7) is 0.973. The van der Waals surface area contributed by atoms with E-state index in [1.165, 1.54) is 30.7 Å². The van der Waals surface area contributed by atoms with Crippen LogP contribution in [-0.4, -0.2) is 71.0 Å². The highest BCUT2D eigenvalue weighted by Gasteiger charge is 2.35. The number of nitrogens with zero attached hydrogens (tertiary/aromatic N) is 1. The number of carbonyl (C=O) groups is 2. The average molecular weight is 399 g/mol. The second kappa shape index (κ2) is 9.67. The maximum atomic E-state index is 12.9. The first kappa shape index (κ1) is 21.1. The smallest absolute Gasteiger partial charge is 0.309 e. The molecule has 1 atom stereocenters. The molecule has 0 saturated carbocycles. The van der Waals surface area contributed by atoms with Crippen LogP contribution in [0.2, 0.25) is 0 Å². The Morgan fingerprint density at radius 3 is 2.44 bits per heavy atom. The fraction of sp³-hybridized carbons (Fsp3) is 0.529. The fourth-order valence-corrected chi connectivity index (χ4v) is 4.54. The molecule has 0 aromatic heterocycles. The van der Waals surface area contributed by atoms with Gasteiger partial charge < -0.3 is 20.1 Å². The highest BCUT2D eigenvalue weighted by molar-refractivity contribution is 7.89. The molecule has 1 fully saturated rings. The van der Waals surface area contributed by atoms with Crippen molar-refractivity contribution in [3.05, 3.63) is 24.3 Å². The Morgan fingerprint density at radius 1 is 1.15 bits per heavy atom. The normalized spacial score (nSPS) is 17.5. The van der Waals surface area contributed by atoms with E-state index in [0.717, 1.165) is 0 Å². The first-order valence-corrected chi connectivity index (χ1v) is 10.0. The minimum atomic E-state index is -3.69. The standard InChI is InChI=1S/C17H25N3O6S/c1-25-11-9-18-16(21)17(22)19-12-13-4-3-10-20(13)27(23,24)15-7-5-14(26-2)6-8-15/h5-8,13H,3-4,9-12H2,1-2H3,(H,18,21)(H,19,22). The molecule has 0 aliphatic carbocycles. The number of amides is 2. The van der Waals surface area contributed by atoms with E-state index in [4.69, 9.17) is 9.47 Å². The zero-order chi connectivity index (χ0) is 19.9. The van der Waals surface area contributed by atoms with E-state index in [2.05, 4.69) is 10.6 Å². The Hall–Kier alpha value is -2.17. The maximum Gasteiger partial charge on any atom is 0.309 e. The van der Waals surface area contributed by atoms with Gasteiger partial charge in [-0.1, -0.05) is 0 Å². The number of hydrogen-bond donors (Lipinski definition) is 2. The Labute approximate surface area is 159 Å². The molecule has 0 bridgehead atoms. The molecule has 0 spiro atoms. The first-order chi connectivity index (χ1) is 12.9. The summed E-state index contributed by atoms with van der Waals surface area (Å²) in [5.41, 5.74) is 0. The Bertz CT molecular complexity index is 750. The molecule has 1 saturated heterocycles. The molecule has 150 valence electrons. The molecule has 1 aliphatic heterocycles. The van der Waals surface area contributed by atoms with Crippen molar-refractivity contribution in [3.63, 3.8) is 0 Å². The number of nitrogens with one attached hydrogen (secondary N) is 2. The van der Waals surface area contributed by atoms with Gasteiger partial charge in [0.2, 0.25) is 10.0 Å². The number of carbonyl (C=O) groups excluding carboxylic acids is 2. The summed E-state index contributed by atoms with van der Waals surface area (Å²) >= 11 is 0. The topological polar surface area (TPSA) is 114 Å². The summed E-state index contributed by atoms with van der Waals surface area (Å²) in [5, 5.41) is 4.92. The van der Waals surface area contributed by atoms with Gasteiger partial charge in [0.05, 0.1) is 18.6 Å². The molecule has 1 aromatic carbocycles. The van der Waals surface area contributed by atoms with E-state index in [-0.39, 0.29) is 18.0 Å². The van der Waals surface area contributed by atoms with E-state index in [1.807, 2.05) is 0 Å². The van der Waals surface area contributed by atoms with Gasteiger partial charge in [-0.25, -0.2) is 8.42 Å². The molecule has 1 aromatic rings. The lowest BCUT2D eigenvalue weighted by Crippen LogP contribution is -2.47. The van der Waals surface area contributed by atoms with Gasteiger partial charge in [-0.3, -0.25) is 9.59 Å². The van der Waals surface area contributed by atoms with Crippen molar-refractivity contribution in [1.82, 2.24) is 14.9 Å². The highest BCUT2D eigenvalue weighted by Crippen LogP contribution is 2.26. The number of rotatable bonds is 8. The van der Waals surface area contributed by atoms with Crippen LogP contribution in [0.1, 0.15) is 12.8 Å². The molecule has 27 heavy (non-hydrogen) atoms. The maximum absolute atomic E-state index is 12.9. The predicted molar refractivity (Wildman–Crippen MR) is 97.8 cm³/mol. The second-order valence-electron chi connectivity index (χ2n) is 6.05. The molecule has 2 rings (SSSR count). The van der Waals surface area contributed by atoms with Crippen LogP contribution in [0.4, 0.5) is 0 Å². The fourth-order valence-electron chi connectivity index (χ4n) is 2.85. The largest absolute Gasteiger partial charge is 0.497 e. The van der Waals surface area contributed by atoms with E-state index in [1.54, 1.807) is 12.1 Å². The lowest BCUT2D eigenvalue weighted by Gasteiger charge is -2.24. The van der Waals surface area contributed by atoms with Crippen molar-refractivity contribution < 1.29 is 27.5 Å². The Balaban J connectivity index is 1.97. The Morgan fingerprint density at radius 2 is 1.81 bits per heavy atom. The van der Waals surface area contributed by atoms with Crippen LogP contribution in [0.15, 0.2) is 29.2 Å². The number of benzene rings is 1. The summed E-state index contributed by atoms with van der Waals surface area (Å²) in [6, 6.07) is 5.76. The predicted octanol–water partition coefficient (Wildman–Crippen LogP) is -0.273. The molecule has 1 aliphatic rings. The lowest BCUT2D eigenvalue weighted by molar-refractivity contribution is -0.139. The van der Waals surface area contributed by atoms with Crippen LogP contribution >= 0.6 is 0 Å². The molecule has 1 heterocycles. The Kier molecular flexibility index (Phi) is 7.57. The van der Waals surface area contributed by atoms with Gasteiger partial charge >= 0.3 is 11.8 Å². The molecular weight excluding hydrogens is 374 g/mol. The van der Waals surface area contributed by atoms with E-state index in [9.17, 15) is 18.0 Å². The van der Waals surface area contributed by atoms with E-state index < -0.39 is 27.9 Å². The molecule has 9 nitrogen and oxygen atoms in total. The number of hydrogen-bond acceptors (Lipinski definition) is 6. The second-order valence-corrected chi connectivity index (χ2v) is 7.94. The summed E-state index contributed by atoms with van der Waals surface area (Å²) in [5.74, 6) is -0.993. The minimum absolute atomic E-state index is 0.0753. The molecular formula is C17H25N3O6S. The van der Waals surface area contributed by atoms with Crippen molar-refractivity contribution in [2.45, 2.75) is 23.8 Å². The summed E-state index contributed by atoms with van der Waals surface area (Å²) in [7, 11) is -0.691. The van der Waals surface area contributed by atoms with E-state index in [0.29, 0.717) is 31.7 Å². The quantitative estimate of drug-likeness (QED) is 0.459. The van der Waals surface area contributed by atoms with Gasteiger partial charge in [0.15, 0.2) is 0 Å². The van der Waals surface area contributed by atoms with Crippen molar-refractivity contribution in [2.75, 3.05) is 40.5 Å². The van der Waals surface area contributed by atoms with Gasteiger partial charge in [0.1, 0.15) is 5.75 Å². The zero-order valence-corrected chi connectivity index (χ0v) is 16.3. The summed E-state index contributed by atoms with van der Waals surface area (Å²) < 4.78 is 37.0. The lowest BCUT2D eigenvalue weighted by atomic mass is 10.2. The average Bonchev–Trinajstić information content (AvgIpc) is 3.15. The number of ether oxygens (including phenoxy) is 2.